The Hall–Kier alpha value is -1.46. The zero-order valence-corrected chi connectivity index (χ0v) is 14.2. The van der Waals surface area contributed by atoms with Crippen LogP contribution in [0, 0.1) is 6.92 Å². The minimum atomic E-state index is 0.0868. The number of ketones is 1. The molecular weight excluding hydrogens is 330 g/mol. The summed E-state index contributed by atoms with van der Waals surface area (Å²) < 4.78 is 2.54. The number of carbonyl (C=O) groups excluding carboxylic acids is 1. The molecule has 112 valence electrons. The second kappa shape index (κ2) is 7.00. The van der Waals surface area contributed by atoms with E-state index in [0.717, 1.165) is 16.6 Å². The van der Waals surface area contributed by atoms with Crippen molar-refractivity contribution in [2.24, 2.45) is 0 Å². The van der Waals surface area contributed by atoms with Crippen molar-refractivity contribution in [1.82, 2.24) is 14.7 Å². The highest BCUT2D eigenvalue weighted by Gasteiger charge is 2.17. The summed E-state index contributed by atoms with van der Waals surface area (Å²) in [7, 11) is 4.01. The largest absolute Gasteiger partial charge is 0.308 e. The maximum absolute atomic E-state index is 12.6. The van der Waals surface area contributed by atoms with Gasteiger partial charge >= 0.3 is 0 Å². The molecule has 0 radical (unpaired) electrons. The summed E-state index contributed by atoms with van der Waals surface area (Å²) in [5.74, 6) is 0.0868. The van der Waals surface area contributed by atoms with Crippen LogP contribution in [0.5, 0.6) is 0 Å². The van der Waals surface area contributed by atoms with E-state index in [-0.39, 0.29) is 5.78 Å². The lowest BCUT2D eigenvalue weighted by Crippen LogP contribution is -2.22. The molecule has 0 atom stereocenters. The van der Waals surface area contributed by atoms with Gasteiger partial charge in [0, 0.05) is 13.0 Å². The van der Waals surface area contributed by atoms with Crippen molar-refractivity contribution in [2.75, 3.05) is 20.6 Å². The van der Waals surface area contributed by atoms with Crippen LogP contribution in [-0.2, 0) is 13.0 Å². The van der Waals surface area contributed by atoms with Gasteiger partial charge in [0.25, 0.3) is 0 Å². The lowest BCUT2D eigenvalue weighted by atomic mass is 10.0. The number of carbonyl (C=O) groups is 1. The number of hydrogen-bond acceptors (Lipinski definition) is 3. The molecule has 0 aliphatic heterocycles. The van der Waals surface area contributed by atoms with Crippen molar-refractivity contribution in [3.8, 4) is 0 Å². The number of benzene rings is 1. The van der Waals surface area contributed by atoms with Gasteiger partial charge in [0.05, 0.1) is 17.2 Å². The Balaban J connectivity index is 2.17. The van der Waals surface area contributed by atoms with E-state index in [2.05, 4.69) is 25.9 Å². The summed E-state index contributed by atoms with van der Waals surface area (Å²) in [5.41, 5.74) is 2.85. The Morgan fingerprint density at radius 1 is 1.38 bits per heavy atom. The Labute approximate surface area is 133 Å². The molecule has 0 aliphatic rings. The van der Waals surface area contributed by atoms with E-state index in [0.29, 0.717) is 18.7 Å². The fourth-order valence-corrected chi connectivity index (χ4v) is 2.71. The normalized spacial score (nSPS) is 11.1. The summed E-state index contributed by atoms with van der Waals surface area (Å²) >= 11 is 3.43. The average Bonchev–Trinajstić information content (AvgIpc) is 2.77. The van der Waals surface area contributed by atoms with Gasteiger partial charge in [0.1, 0.15) is 5.69 Å². The molecule has 21 heavy (non-hydrogen) atoms. The number of nitrogens with zero attached hydrogens (tertiary/aromatic N) is 3. The third-order valence-electron chi connectivity index (χ3n) is 3.27. The number of Topliss-reactive ketones (excluding diaryl/α,β-unsaturated/α-hetero) is 1. The first kappa shape index (κ1) is 15.9. The van der Waals surface area contributed by atoms with Gasteiger partial charge in [0.2, 0.25) is 0 Å². The first-order chi connectivity index (χ1) is 9.97. The first-order valence-corrected chi connectivity index (χ1v) is 7.71. The highest BCUT2D eigenvalue weighted by molar-refractivity contribution is 9.10. The number of aryl methyl sites for hydroxylation is 1. The van der Waals surface area contributed by atoms with Gasteiger partial charge in [-0.05, 0) is 42.5 Å². The predicted molar refractivity (Wildman–Crippen MR) is 87.7 cm³/mol. The van der Waals surface area contributed by atoms with Crippen LogP contribution in [0.25, 0.3) is 0 Å². The molecule has 0 unspecified atom stereocenters. The van der Waals surface area contributed by atoms with E-state index >= 15 is 0 Å². The van der Waals surface area contributed by atoms with Crippen LogP contribution in [0.15, 0.2) is 34.9 Å². The van der Waals surface area contributed by atoms with Crippen molar-refractivity contribution in [3.05, 3.63) is 51.8 Å². The summed E-state index contributed by atoms with van der Waals surface area (Å²) in [6.07, 6.45) is 2.09. The molecule has 0 saturated heterocycles. The zero-order valence-electron chi connectivity index (χ0n) is 12.6. The van der Waals surface area contributed by atoms with Crippen LogP contribution in [0.4, 0.5) is 0 Å². The zero-order chi connectivity index (χ0) is 15.4. The van der Waals surface area contributed by atoms with Crippen molar-refractivity contribution in [1.29, 1.82) is 0 Å². The first-order valence-electron chi connectivity index (χ1n) is 6.92. The van der Waals surface area contributed by atoms with E-state index in [1.54, 1.807) is 10.9 Å². The van der Waals surface area contributed by atoms with E-state index in [9.17, 15) is 4.79 Å². The number of halogens is 1. The Kier molecular flexibility index (Phi) is 5.31. The Bertz CT molecular complexity index is 634. The highest BCUT2D eigenvalue weighted by atomic mass is 79.9. The Morgan fingerprint density at radius 3 is 2.81 bits per heavy atom. The van der Waals surface area contributed by atoms with Gasteiger partial charge in [-0.2, -0.15) is 5.10 Å². The van der Waals surface area contributed by atoms with E-state index < -0.39 is 0 Å². The van der Waals surface area contributed by atoms with Gasteiger partial charge < -0.3 is 4.90 Å². The molecule has 0 aliphatic carbocycles. The molecule has 1 heterocycles. The lowest BCUT2D eigenvalue weighted by Gasteiger charge is -2.12. The van der Waals surface area contributed by atoms with Crippen molar-refractivity contribution in [3.63, 3.8) is 0 Å². The van der Waals surface area contributed by atoms with Gasteiger partial charge in [-0.3, -0.25) is 9.48 Å². The van der Waals surface area contributed by atoms with E-state index in [4.69, 9.17) is 0 Å². The van der Waals surface area contributed by atoms with Crippen LogP contribution >= 0.6 is 15.9 Å². The van der Waals surface area contributed by atoms with Gasteiger partial charge in [-0.1, -0.05) is 29.8 Å². The highest BCUT2D eigenvalue weighted by Crippen LogP contribution is 2.19. The maximum atomic E-state index is 12.6. The minimum Gasteiger partial charge on any atom is -0.308 e. The smallest absolute Gasteiger partial charge is 0.186 e. The monoisotopic (exact) mass is 349 g/mol. The molecule has 4 nitrogen and oxygen atoms in total. The van der Waals surface area contributed by atoms with Crippen molar-refractivity contribution < 1.29 is 4.79 Å². The minimum absolute atomic E-state index is 0.0868. The molecule has 0 saturated carbocycles. The van der Waals surface area contributed by atoms with Crippen molar-refractivity contribution >= 4 is 21.7 Å². The third kappa shape index (κ3) is 4.25. The molecular formula is C16H20BrN3O. The summed E-state index contributed by atoms with van der Waals surface area (Å²) in [6.45, 7) is 3.58. The van der Waals surface area contributed by atoms with Crippen molar-refractivity contribution in [2.45, 2.75) is 19.9 Å². The SMILES string of the molecule is Cc1cccc(CC(=O)c2c(Br)cnn2CCN(C)C)c1. The van der Waals surface area contributed by atoms with Crippen LogP contribution in [-0.4, -0.2) is 41.1 Å². The molecule has 1 aromatic heterocycles. The summed E-state index contributed by atoms with van der Waals surface area (Å²) in [4.78, 5) is 14.6. The standard InChI is InChI=1S/C16H20BrN3O/c1-12-5-4-6-13(9-12)10-15(21)16-14(17)11-18-20(16)8-7-19(2)3/h4-6,9,11H,7-8,10H2,1-3H3. The second-order valence-electron chi connectivity index (χ2n) is 5.46. The number of hydrogen-bond donors (Lipinski definition) is 0. The molecule has 1 aromatic carbocycles. The van der Waals surface area contributed by atoms with Gasteiger partial charge in [-0.15, -0.1) is 0 Å². The van der Waals surface area contributed by atoms with Crippen LogP contribution in [0.3, 0.4) is 0 Å². The molecule has 5 heteroatoms. The fourth-order valence-electron chi connectivity index (χ4n) is 2.20. The topological polar surface area (TPSA) is 38.1 Å². The lowest BCUT2D eigenvalue weighted by molar-refractivity contribution is 0.0981. The van der Waals surface area contributed by atoms with Crippen LogP contribution in [0.2, 0.25) is 0 Å². The van der Waals surface area contributed by atoms with Gasteiger partial charge in [0.15, 0.2) is 5.78 Å². The Morgan fingerprint density at radius 2 is 2.14 bits per heavy atom. The predicted octanol–water partition coefficient (Wildman–Crippen LogP) is 2.94. The molecule has 2 rings (SSSR count). The third-order valence-corrected chi connectivity index (χ3v) is 3.85. The summed E-state index contributed by atoms with van der Waals surface area (Å²) in [5, 5.41) is 4.29. The maximum Gasteiger partial charge on any atom is 0.186 e. The van der Waals surface area contributed by atoms with Crippen LogP contribution < -0.4 is 0 Å². The number of likely N-dealkylation sites (N-methyl/N-ethyl adjacent to an activating group) is 1. The van der Waals surface area contributed by atoms with Crippen LogP contribution in [0.1, 0.15) is 21.6 Å². The molecule has 0 bridgehead atoms. The molecule has 0 spiro atoms. The average molecular weight is 350 g/mol. The summed E-state index contributed by atoms with van der Waals surface area (Å²) in [6, 6.07) is 8.05. The molecule has 2 aromatic rings. The van der Waals surface area contributed by atoms with E-state index in [1.807, 2.05) is 45.3 Å². The second-order valence-corrected chi connectivity index (χ2v) is 6.31. The molecule has 0 N–H and O–H groups in total. The fraction of sp³-hybridized carbons (Fsp3) is 0.375. The molecule has 0 fully saturated rings. The van der Waals surface area contributed by atoms with Gasteiger partial charge in [-0.25, -0.2) is 0 Å². The molecule has 0 amide bonds. The number of aromatic nitrogens is 2. The van der Waals surface area contributed by atoms with E-state index in [1.165, 1.54) is 5.56 Å². The quantitative estimate of drug-likeness (QED) is 0.752. The number of rotatable bonds is 6.